The Bertz CT molecular complexity index is 385. The number of rotatable bonds is 10. The van der Waals surface area contributed by atoms with Crippen molar-refractivity contribution in [3.63, 3.8) is 0 Å². The Hall–Kier alpha value is -0.770. The summed E-state index contributed by atoms with van der Waals surface area (Å²) in [6.45, 7) is 9.40. The molecular formula is C16H26ClNO2. The predicted octanol–water partition coefficient (Wildman–Crippen LogP) is 4.21. The summed E-state index contributed by atoms with van der Waals surface area (Å²) in [5.41, 5.74) is 1.19. The highest BCUT2D eigenvalue weighted by atomic mass is 35.5. The van der Waals surface area contributed by atoms with Crippen LogP contribution in [0.4, 0.5) is 0 Å². The first-order valence-electron chi connectivity index (χ1n) is 7.42. The van der Waals surface area contributed by atoms with E-state index < -0.39 is 0 Å². The van der Waals surface area contributed by atoms with Gasteiger partial charge in [0, 0.05) is 25.7 Å². The average molecular weight is 300 g/mol. The summed E-state index contributed by atoms with van der Waals surface area (Å²) in [5, 5.41) is 4.12. The highest BCUT2D eigenvalue weighted by Crippen LogP contribution is 2.28. The molecule has 114 valence electrons. The second kappa shape index (κ2) is 10.0. The fourth-order valence-electron chi connectivity index (χ4n) is 1.87. The van der Waals surface area contributed by atoms with E-state index in [1.54, 1.807) is 0 Å². The van der Waals surface area contributed by atoms with Gasteiger partial charge in [0.25, 0.3) is 0 Å². The summed E-state index contributed by atoms with van der Waals surface area (Å²) in [7, 11) is 0. The molecule has 0 aliphatic carbocycles. The zero-order valence-electron chi connectivity index (χ0n) is 12.7. The molecular weight excluding hydrogens is 274 g/mol. The molecule has 0 aliphatic rings. The van der Waals surface area contributed by atoms with Gasteiger partial charge in [-0.1, -0.05) is 24.6 Å². The SMILES string of the molecule is CCCNC(C)c1ccc(OCCCOCC)c(Cl)c1. The molecule has 1 unspecified atom stereocenters. The molecule has 0 bridgehead atoms. The molecule has 0 radical (unpaired) electrons. The molecule has 0 heterocycles. The molecule has 0 spiro atoms. The minimum atomic E-state index is 0.305. The minimum Gasteiger partial charge on any atom is -0.492 e. The smallest absolute Gasteiger partial charge is 0.137 e. The molecule has 1 rings (SSSR count). The molecule has 1 aromatic carbocycles. The summed E-state index contributed by atoms with van der Waals surface area (Å²) in [6, 6.07) is 6.30. The first-order valence-corrected chi connectivity index (χ1v) is 7.80. The van der Waals surface area contributed by atoms with Crippen LogP contribution in [0.5, 0.6) is 5.75 Å². The summed E-state index contributed by atoms with van der Waals surface area (Å²) >= 11 is 6.26. The van der Waals surface area contributed by atoms with Gasteiger partial charge in [0.2, 0.25) is 0 Å². The monoisotopic (exact) mass is 299 g/mol. The molecule has 0 aromatic heterocycles. The molecule has 0 saturated heterocycles. The van der Waals surface area contributed by atoms with Gasteiger partial charge in [-0.05, 0) is 44.5 Å². The van der Waals surface area contributed by atoms with Gasteiger partial charge in [-0.3, -0.25) is 0 Å². The molecule has 1 N–H and O–H groups in total. The highest BCUT2D eigenvalue weighted by molar-refractivity contribution is 6.32. The van der Waals surface area contributed by atoms with Crippen LogP contribution in [-0.2, 0) is 4.74 Å². The van der Waals surface area contributed by atoms with Crippen LogP contribution in [0.25, 0.3) is 0 Å². The van der Waals surface area contributed by atoms with Crippen LogP contribution < -0.4 is 10.1 Å². The second-order valence-corrected chi connectivity index (χ2v) is 5.17. The second-order valence-electron chi connectivity index (χ2n) is 4.76. The van der Waals surface area contributed by atoms with E-state index in [0.29, 0.717) is 17.7 Å². The van der Waals surface area contributed by atoms with Gasteiger partial charge in [-0.25, -0.2) is 0 Å². The Morgan fingerprint density at radius 2 is 2.05 bits per heavy atom. The van der Waals surface area contributed by atoms with Crippen molar-refractivity contribution in [2.75, 3.05) is 26.4 Å². The van der Waals surface area contributed by atoms with Crippen LogP contribution in [0.15, 0.2) is 18.2 Å². The summed E-state index contributed by atoms with van der Waals surface area (Å²) < 4.78 is 10.9. The van der Waals surface area contributed by atoms with Crippen LogP contribution in [0, 0.1) is 0 Å². The standard InChI is InChI=1S/C16H26ClNO2/c1-4-9-18-13(3)14-7-8-16(15(17)12-14)20-11-6-10-19-5-2/h7-8,12-13,18H,4-6,9-11H2,1-3H3. The number of halogens is 1. The molecule has 0 fully saturated rings. The molecule has 1 atom stereocenters. The summed E-state index contributed by atoms with van der Waals surface area (Å²) in [6.07, 6.45) is 2.00. The van der Waals surface area contributed by atoms with Crippen molar-refractivity contribution in [3.8, 4) is 5.75 Å². The topological polar surface area (TPSA) is 30.5 Å². The fraction of sp³-hybridized carbons (Fsp3) is 0.625. The lowest BCUT2D eigenvalue weighted by Crippen LogP contribution is -2.19. The van der Waals surface area contributed by atoms with Gasteiger partial charge in [0.1, 0.15) is 5.75 Å². The van der Waals surface area contributed by atoms with Crippen LogP contribution in [0.3, 0.4) is 0 Å². The molecule has 0 amide bonds. The van der Waals surface area contributed by atoms with Crippen molar-refractivity contribution in [2.24, 2.45) is 0 Å². The predicted molar refractivity (Wildman–Crippen MR) is 84.8 cm³/mol. The number of hydrogen-bond acceptors (Lipinski definition) is 3. The molecule has 0 saturated carbocycles. The van der Waals surface area contributed by atoms with Gasteiger partial charge in [-0.2, -0.15) is 0 Å². The maximum Gasteiger partial charge on any atom is 0.137 e. The van der Waals surface area contributed by atoms with Crippen LogP contribution in [0.1, 0.15) is 45.2 Å². The quantitative estimate of drug-likeness (QED) is 0.657. The first kappa shape index (κ1) is 17.3. The molecule has 20 heavy (non-hydrogen) atoms. The van der Waals surface area contributed by atoms with Crippen molar-refractivity contribution in [1.82, 2.24) is 5.32 Å². The lowest BCUT2D eigenvalue weighted by atomic mass is 10.1. The number of hydrogen-bond donors (Lipinski definition) is 1. The van der Waals surface area contributed by atoms with Gasteiger partial charge in [0.05, 0.1) is 11.6 Å². The van der Waals surface area contributed by atoms with E-state index in [9.17, 15) is 0 Å². The van der Waals surface area contributed by atoms with E-state index in [2.05, 4.69) is 25.2 Å². The third-order valence-corrected chi connectivity index (χ3v) is 3.35. The van der Waals surface area contributed by atoms with Gasteiger partial charge < -0.3 is 14.8 Å². The first-order chi connectivity index (χ1) is 9.69. The van der Waals surface area contributed by atoms with Gasteiger partial charge in [0.15, 0.2) is 0 Å². The van der Waals surface area contributed by atoms with Gasteiger partial charge in [-0.15, -0.1) is 0 Å². The lowest BCUT2D eigenvalue weighted by Gasteiger charge is -2.15. The molecule has 3 nitrogen and oxygen atoms in total. The summed E-state index contributed by atoms with van der Waals surface area (Å²) in [4.78, 5) is 0. The van der Waals surface area contributed by atoms with E-state index in [1.165, 1.54) is 5.56 Å². The Labute approximate surface area is 127 Å². The average Bonchev–Trinajstić information content (AvgIpc) is 2.46. The zero-order chi connectivity index (χ0) is 14.8. The number of nitrogens with one attached hydrogen (secondary N) is 1. The molecule has 4 heteroatoms. The van der Waals surface area contributed by atoms with E-state index in [0.717, 1.165) is 38.3 Å². The van der Waals surface area contributed by atoms with Crippen molar-refractivity contribution >= 4 is 11.6 Å². The van der Waals surface area contributed by atoms with E-state index in [-0.39, 0.29) is 0 Å². The third kappa shape index (κ3) is 6.12. The van der Waals surface area contributed by atoms with Crippen molar-refractivity contribution in [2.45, 2.75) is 39.7 Å². The van der Waals surface area contributed by atoms with Gasteiger partial charge >= 0.3 is 0 Å². The van der Waals surface area contributed by atoms with Crippen LogP contribution in [0.2, 0.25) is 5.02 Å². The van der Waals surface area contributed by atoms with Crippen molar-refractivity contribution in [3.05, 3.63) is 28.8 Å². The Morgan fingerprint density at radius 1 is 1.25 bits per heavy atom. The number of benzene rings is 1. The minimum absolute atomic E-state index is 0.305. The van der Waals surface area contributed by atoms with E-state index in [1.807, 2.05) is 19.1 Å². The maximum absolute atomic E-state index is 6.26. The lowest BCUT2D eigenvalue weighted by molar-refractivity contribution is 0.131. The molecule has 0 aliphatic heterocycles. The van der Waals surface area contributed by atoms with Crippen molar-refractivity contribution in [1.29, 1.82) is 0 Å². The Morgan fingerprint density at radius 3 is 2.70 bits per heavy atom. The third-order valence-electron chi connectivity index (χ3n) is 3.05. The van der Waals surface area contributed by atoms with E-state index in [4.69, 9.17) is 21.1 Å². The van der Waals surface area contributed by atoms with Crippen LogP contribution in [-0.4, -0.2) is 26.4 Å². The normalized spacial score (nSPS) is 12.4. The fourth-order valence-corrected chi connectivity index (χ4v) is 2.11. The van der Waals surface area contributed by atoms with Crippen LogP contribution >= 0.6 is 11.6 Å². The summed E-state index contributed by atoms with van der Waals surface area (Å²) in [5.74, 6) is 0.745. The van der Waals surface area contributed by atoms with E-state index >= 15 is 0 Å². The highest BCUT2D eigenvalue weighted by Gasteiger charge is 2.08. The largest absolute Gasteiger partial charge is 0.492 e. The zero-order valence-corrected chi connectivity index (χ0v) is 13.5. The Balaban J connectivity index is 2.46. The maximum atomic E-state index is 6.26. The Kier molecular flexibility index (Phi) is 8.67. The van der Waals surface area contributed by atoms with Crippen molar-refractivity contribution < 1.29 is 9.47 Å². The number of ether oxygens (including phenoxy) is 2. The molecule has 1 aromatic rings.